The Morgan fingerprint density at radius 2 is 1.90 bits per heavy atom. The highest BCUT2D eigenvalue weighted by Crippen LogP contribution is 2.37. The first-order valence-corrected chi connectivity index (χ1v) is 16.3. The predicted octanol–water partition coefficient (Wildman–Crippen LogP) is 4.40. The van der Waals surface area contributed by atoms with Gasteiger partial charge in [-0.1, -0.05) is 59.9 Å². The number of aromatic amines is 1. The molecule has 14 heteroatoms. The molecule has 0 aliphatic carbocycles. The van der Waals surface area contributed by atoms with Crippen LogP contribution in [0.2, 0.25) is 0 Å². The number of nitrogens with one attached hydrogen (secondary N) is 1. The van der Waals surface area contributed by atoms with Crippen molar-refractivity contribution in [2.45, 2.75) is 29.9 Å². The first-order chi connectivity index (χ1) is 23.2. The van der Waals surface area contributed by atoms with E-state index in [1.807, 2.05) is 30.3 Å². The maximum absolute atomic E-state index is 14.2. The number of benzene rings is 3. The Kier molecular flexibility index (Phi) is 9.19. The minimum atomic E-state index is -0.912. The van der Waals surface area contributed by atoms with Crippen molar-refractivity contribution < 1.29 is 19.2 Å². The Morgan fingerprint density at radius 1 is 1.10 bits per heavy atom. The van der Waals surface area contributed by atoms with Crippen LogP contribution >= 0.6 is 23.1 Å². The number of H-pyrrole nitrogens is 1. The molecule has 3 aromatic carbocycles. The average Bonchev–Trinajstić information content (AvgIpc) is 3.38. The topological polar surface area (TPSA) is 159 Å². The predicted molar refractivity (Wildman–Crippen MR) is 181 cm³/mol. The number of ether oxygens (including phenoxy) is 2. The zero-order valence-corrected chi connectivity index (χ0v) is 27.5. The molecule has 2 aromatic heterocycles. The fourth-order valence-electron chi connectivity index (χ4n) is 5.28. The van der Waals surface area contributed by atoms with E-state index < -0.39 is 22.5 Å². The molecule has 0 radical (unpaired) electrons. The lowest BCUT2D eigenvalue weighted by molar-refractivity contribution is -0.387. The summed E-state index contributed by atoms with van der Waals surface area (Å²) in [5.74, 6) is -0.0818. The van der Waals surface area contributed by atoms with Crippen LogP contribution in [0.15, 0.2) is 109 Å². The molecule has 0 bridgehead atoms. The first-order valence-electron chi connectivity index (χ1n) is 14.6. The Labute approximate surface area is 280 Å². The van der Waals surface area contributed by atoms with E-state index in [4.69, 9.17) is 14.5 Å². The van der Waals surface area contributed by atoms with Crippen LogP contribution in [0.25, 0.3) is 11.8 Å². The maximum Gasteiger partial charge on any atom is 0.338 e. The van der Waals surface area contributed by atoms with Gasteiger partial charge in [-0.25, -0.2) is 14.8 Å². The first kappa shape index (κ1) is 32.3. The lowest BCUT2D eigenvalue weighted by Crippen LogP contribution is -2.40. The molecule has 6 rings (SSSR count). The summed E-state index contributed by atoms with van der Waals surface area (Å²) in [4.78, 5) is 63.6. The number of methoxy groups -OCH3 is 1. The van der Waals surface area contributed by atoms with Gasteiger partial charge in [0, 0.05) is 23.4 Å². The van der Waals surface area contributed by atoms with Crippen molar-refractivity contribution in [3.8, 4) is 5.75 Å². The van der Waals surface area contributed by atoms with E-state index in [1.165, 1.54) is 23.8 Å². The molecule has 242 valence electrons. The number of carbonyl (C=O) groups excluding carboxylic acids is 1. The fourth-order valence-corrected chi connectivity index (χ4v) is 7.20. The van der Waals surface area contributed by atoms with Gasteiger partial charge in [0.1, 0.15) is 5.75 Å². The second-order valence-corrected chi connectivity index (χ2v) is 12.5. The normalized spacial score (nSPS) is 14.3. The van der Waals surface area contributed by atoms with Crippen molar-refractivity contribution in [3.63, 3.8) is 0 Å². The number of carbonyl (C=O) groups is 1. The van der Waals surface area contributed by atoms with Crippen LogP contribution in [0.1, 0.15) is 35.3 Å². The Balaban J connectivity index is 1.54. The van der Waals surface area contributed by atoms with Gasteiger partial charge in [-0.2, -0.15) is 0 Å². The standard InChI is InChI=1S/C34H27N5O7S2/c1-4-46-32(42)28-29(21-9-6-5-7-10-21)37-34-38(30(28)22-11-8-12-23(18-22)45-3)31(41)26(48-34)17-20-13-14-25(24(16-20)39(43)44)47-33-35-19(2)15-27(40)36-33/h5-18,30H,4H2,1-3H3,(H,35,36,40)/b26-17+/t30-/m0/s1. The summed E-state index contributed by atoms with van der Waals surface area (Å²) in [6.45, 7) is 3.48. The molecular weight excluding hydrogens is 655 g/mol. The van der Waals surface area contributed by atoms with Crippen LogP contribution in [0.4, 0.5) is 5.69 Å². The smallest absolute Gasteiger partial charge is 0.338 e. The third-order valence-electron chi connectivity index (χ3n) is 7.32. The molecule has 12 nitrogen and oxygen atoms in total. The second kappa shape index (κ2) is 13.6. The van der Waals surface area contributed by atoms with Gasteiger partial charge < -0.3 is 14.5 Å². The largest absolute Gasteiger partial charge is 0.497 e. The van der Waals surface area contributed by atoms with Crippen LogP contribution < -0.4 is 25.2 Å². The molecular formula is C34H27N5O7S2. The minimum absolute atomic E-state index is 0.114. The summed E-state index contributed by atoms with van der Waals surface area (Å²) in [6, 6.07) is 21.2. The third kappa shape index (κ3) is 6.48. The quantitative estimate of drug-likeness (QED) is 0.103. The molecule has 0 spiro atoms. The molecule has 0 saturated carbocycles. The molecule has 0 saturated heterocycles. The average molecular weight is 682 g/mol. The van der Waals surface area contributed by atoms with Crippen LogP contribution in [0, 0.1) is 17.0 Å². The van der Waals surface area contributed by atoms with Gasteiger partial charge in [0.05, 0.1) is 45.4 Å². The zero-order valence-electron chi connectivity index (χ0n) is 25.8. The molecule has 3 heterocycles. The number of esters is 1. The summed E-state index contributed by atoms with van der Waals surface area (Å²) in [5, 5.41) is 12.3. The van der Waals surface area contributed by atoms with E-state index in [0.717, 1.165) is 23.1 Å². The van der Waals surface area contributed by atoms with Crippen LogP contribution in [-0.2, 0) is 9.53 Å². The van der Waals surface area contributed by atoms with Gasteiger partial charge in [-0.3, -0.25) is 24.3 Å². The maximum atomic E-state index is 14.2. The highest BCUT2D eigenvalue weighted by atomic mass is 32.2. The van der Waals surface area contributed by atoms with Crippen molar-refractivity contribution in [3.05, 3.63) is 147 Å². The number of hydrogen-bond acceptors (Lipinski definition) is 11. The summed E-state index contributed by atoms with van der Waals surface area (Å²) < 4.78 is 12.7. The number of thiazole rings is 1. The van der Waals surface area contributed by atoms with E-state index in [-0.39, 0.29) is 38.0 Å². The lowest BCUT2D eigenvalue weighted by Gasteiger charge is -2.26. The molecule has 5 aromatic rings. The number of nitro groups is 1. The van der Waals surface area contributed by atoms with Gasteiger partial charge in [0.25, 0.3) is 16.8 Å². The number of hydrogen-bond donors (Lipinski definition) is 1. The molecule has 48 heavy (non-hydrogen) atoms. The van der Waals surface area contributed by atoms with Crippen molar-refractivity contribution in [1.29, 1.82) is 0 Å². The number of nitro benzene ring substituents is 1. The molecule has 0 unspecified atom stereocenters. The van der Waals surface area contributed by atoms with Gasteiger partial charge in [-0.15, -0.1) is 0 Å². The fraction of sp³-hybridized carbons (Fsp3) is 0.147. The molecule has 1 aliphatic heterocycles. The summed E-state index contributed by atoms with van der Waals surface area (Å²) in [6.07, 6.45) is 1.55. The highest BCUT2D eigenvalue weighted by molar-refractivity contribution is 7.99. The lowest BCUT2D eigenvalue weighted by atomic mass is 9.93. The minimum Gasteiger partial charge on any atom is -0.497 e. The monoisotopic (exact) mass is 681 g/mol. The van der Waals surface area contributed by atoms with Gasteiger partial charge in [-0.05, 0) is 61.0 Å². The Bertz CT molecular complexity index is 2350. The second-order valence-electron chi connectivity index (χ2n) is 10.5. The highest BCUT2D eigenvalue weighted by Gasteiger charge is 2.35. The van der Waals surface area contributed by atoms with Crippen molar-refractivity contribution >= 4 is 46.5 Å². The molecule has 1 N–H and O–H groups in total. The third-order valence-corrected chi connectivity index (χ3v) is 9.25. The van der Waals surface area contributed by atoms with Crippen LogP contribution in [0.3, 0.4) is 0 Å². The summed E-state index contributed by atoms with van der Waals surface area (Å²) in [5.41, 5.74) is 1.67. The summed E-state index contributed by atoms with van der Waals surface area (Å²) >= 11 is 2.06. The number of fused-ring (bicyclic) bond motifs is 1. The van der Waals surface area contributed by atoms with Crippen molar-refractivity contribution in [2.75, 3.05) is 13.7 Å². The van der Waals surface area contributed by atoms with Gasteiger partial charge in [0.2, 0.25) is 0 Å². The van der Waals surface area contributed by atoms with E-state index in [1.54, 1.807) is 56.3 Å². The molecule has 1 aliphatic rings. The number of aromatic nitrogens is 3. The van der Waals surface area contributed by atoms with Gasteiger partial charge in [0.15, 0.2) is 9.96 Å². The number of aryl methyl sites for hydroxylation is 1. The van der Waals surface area contributed by atoms with Crippen LogP contribution in [-0.4, -0.2) is 39.1 Å². The van der Waals surface area contributed by atoms with Crippen molar-refractivity contribution in [1.82, 2.24) is 14.5 Å². The Hall–Kier alpha value is -5.60. The zero-order chi connectivity index (χ0) is 33.9. The van der Waals surface area contributed by atoms with E-state index in [9.17, 15) is 24.5 Å². The van der Waals surface area contributed by atoms with Crippen LogP contribution in [0.5, 0.6) is 5.75 Å². The van der Waals surface area contributed by atoms with E-state index in [2.05, 4.69) is 9.97 Å². The SMILES string of the molecule is CCOC(=O)C1=C(c2ccccc2)N=c2s/c(=C/c3ccc(Sc4nc(C)cc(=O)[nH]4)c([N+](=O)[O-])c3)c(=O)n2[C@H]1c1cccc(OC)c1. The molecule has 1 atom stereocenters. The van der Waals surface area contributed by atoms with E-state index >= 15 is 0 Å². The number of rotatable bonds is 9. The molecule has 0 fully saturated rings. The van der Waals surface area contributed by atoms with E-state index in [0.29, 0.717) is 38.6 Å². The number of nitrogens with zero attached hydrogens (tertiary/aromatic N) is 4. The van der Waals surface area contributed by atoms with Crippen molar-refractivity contribution in [2.24, 2.45) is 4.99 Å². The summed E-state index contributed by atoms with van der Waals surface area (Å²) in [7, 11) is 1.53. The van der Waals surface area contributed by atoms with Gasteiger partial charge >= 0.3 is 5.97 Å². The molecule has 0 amide bonds. The Morgan fingerprint density at radius 3 is 2.60 bits per heavy atom.